The van der Waals surface area contributed by atoms with Gasteiger partial charge in [-0.25, -0.2) is 8.98 Å². The molecule has 12 atom stereocenters. The van der Waals surface area contributed by atoms with Gasteiger partial charge in [-0.3, -0.25) is 14.4 Å². The number of carbonyl (C=O) groups excluding carboxylic acids is 1. The number of ether oxygens (including phenoxy) is 2. The zero-order chi connectivity index (χ0) is 36.4. The highest BCUT2D eigenvalue weighted by atomic mass is 32.3. The number of aliphatic hydroxyl groups excluding tert-OH is 1. The highest BCUT2D eigenvalue weighted by Crippen LogP contribution is 2.72. The van der Waals surface area contributed by atoms with Crippen molar-refractivity contribution < 1.29 is 36.5 Å². The molecule has 2 spiro atoms. The van der Waals surface area contributed by atoms with Crippen molar-refractivity contribution in [1.82, 2.24) is 9.80 Å². The fourth-order valence-electron chi connectivity index (χ4n) is 14.3. The first-order valence-electron chi connectivity index (χ1n) is 19.6. The second kappa shape index (κ2) is 10.6. The van der Waals surface area contributed by atoms with Gasteiger partial charge in [0.05, 0.1) is 41.9 Å². The third kappa shape index (κ3) is 3.92. The van der Waals surface area contributed by atoms with E-state index in [2.05, 4.69) is 76.7 Å². The Hall–Kier alpha value is -3.04. The molecule has 1 saturated carbocycles. The molecule has 2 aromatic carbocycles. The van der Waals surface area contributed by atoms with Crippen LogP contribution in [0, 0.1) is 10.8 Å². The van der Waals surface area contributed by atoms with Crippen LogP contribution in [-0.4, -0.2) is 103 Å². The number of rotatable bonds is 6. The number of piperidine rings is 3. The summed E-state index contributed by atoms with van der Waals surface area (Å²) in [5.74, 6) is -0.0175. The van der Waals surface area contributed by atoms with Gasteiger partial charge in [0.1, 0.15) is 12.2 Å². The van der Waals surface area contributed by atoms with E-state index in [9.17, 15) is 22.9 Å². The highest BCUT2D eigenvalue weighted by Gasteiger charge is 2.77. The molecule has 2 aliphatic carbocycles. The molecule has 282 valence electrons. The maximum absolute atomic E-state index is 13.5. The first-order valence-corrected chi connectivity index (χ1v) is 20.9. The molecule has 5 saturated heterocycles. The number of epoxide rings is 1. The van der Waals surface area contributed by atoms with E-state index in [1.807, 2.05) is 0 Å². The summed E-state index contributed by atoms with van der Waals surface area (Å²) in [4.78, 5) is 18.6. The van der Waals surface area contributed by atoms with Crippen LogP contribution in [0.4, 0.5) is 11.4 Å². The lowest BCUT2D eigenvalue weighted by atomic mass is 9.53. The lowest BCUT2D eigenvalue weighted by Crippen LogP contribution is -2.72. The van der Waals surface area contributed by atoms with Gasteiger partial charge >= 0.3 is 16.4 Å². The molecule has 12 nitrogen and oxygen atoms in total. The number of anilines is 2. The van der Waals surface area contributed by atoms with Crippen molar-refractivity contribution in [2.24, 2.45) is 10.8 Å². The monoisotopic (exact) mass is 744 g/mol. The normalized spacial score (nSPS) is 44.1. The Balaban J connectivity index is 0.980. The van der Waals surface area contributed by atoms with E-state index < -0.39 is 28.0 Å². The quantitative estimate of drug-likeness (QED) is 0.190. The molecule has 2 aromatic rings. The topological polar surface area (TPSA) is 153 Å². The number of hydrogen-bond acceptors (Lipinski definition) is 11. The van der Waals surface area contributed by atoms with E-state index in [1.165, 1.54) is 23.8 Å². The van der Waals surface area contributed by atoms with Crippen LogP contribution in [0.3, 0.4) is 0 Å². The fraction of sp³-hybridized carbons (Fsp3) is 0.625. The molecule has 0 amide bonds. The lowest BCUT2D eigenvalue weighted by molar-refractivity contribution is -0.152. The molecule has 4 N–H and O–H groups in total. The number of methoxy groups -OCH3 is 1. The van der Waals surface area contributed by atoms with E-state index in [0.29, 0.717) is 12.8 Å². The summed E-state index contributed by atoms with van der Waals surface area (Å²) in [7, 11) is -3.23. The number of nitrogens with zero attached hydrogens (tertiary/aromatic N) is 2. The van der Waals surface area contributed by atoms with E-state index >= 15 is 0 Å². The van der Waals surface area contributed by atoms with Crippen molar-refractivity contribution in [2.75, 3.05) is 37.4 Å². The van der Waals surface area contributed by atoms with Gasteiger partial charge in [-0.1, -0.05) is 44.2 Å². The van der Waals surface area contributed by atoms with E-state index in [1.54, 1.807) is 0 Å². The molecule has 0 radical (unpaired) electrons. The van der Waals surface area contributed by atoms with Gasteiger partial charge in [-0.2, -0.15) is 8.42 Å². The van der Waals surface area contributed by atoms with Gasteiger partial charge in [0.2, 0.25) is 0 Å². The van der Waals surface area contributed by atoms with Crippen LogP contribution >= 0.6 is 0 Å². The average Bonchev–Trinajstić information content (AvgIpc) is 3.43. The van der Waals surface area contributed by atoms with Crippen LogP contribution in [0.2, 0.25) is 0 Å². The standard InChI is InChI=1S/C40H48N4O8S/c1-4-37-13-14-40-24(12-16-43(36(37)40)20-28(32(37)45)52-53(47,48)49)22-18-21(10-11-26(22)42-40)29-30-33(51-30)38(5-2)19-23(34(46)50-3)31-39(15-17-44(29)35(38)39)25-8-6-7-9-27(25)41-31/h6-11,18,24,28-30,32-33,35-36,41-42,45H,4-5,12-17,19-20H2,1-3H3,(H,47,48,49)/t24-,28-,29+,30+,32+,33+,35-,36-,37+,38-,39-,40+/m0/s1. The SMILES string of the molecule is CC[C@@]12CC[C@@]34Nc5ccc([C@@H]6[C@H]7O[C@H]7[C@]7(CC)CC(C(=O)OC)=C8Nc9ccccc9[C@@]89CCN6[C@@H]79)cc5[C@@H]3CCN(C[C@H](OS(=O)(=O)O)[C@H]1O)[C@@H]24. The molecule has 0 aromatic heterocycles. The van der Waals surface area contributed by atoms with Gasteiger partial charge in [-0.05, 0) is 80.3 Å². The summed E-state index contributed by atoms with van der Waals surface area (Å²) in [5.41, 5.74) is 6.41. The van der Waals surface area contributed by atoms with Crippen molar-refractivity contribution in [1.29, 1.82) is 0 Å². The maximum atomic E-state index is 13.5. The van der Waals surface area contributed by atoms with Crippen LogP contribution in [0.5, 0.6) is 0 Å². The maximum Gasteiger partial charge on any atom is 0.397 e. The molecular formula is C40H48N4O8S. The largest absolute Gasteiger partial charge is 0.466 e. The first kappa shape index (κ1) is 33.3. The second-order valence-corrected chi connectivity index (χ2v) is 18.5. The van der Waals surface area contributed by atoms with Crippen LogP contribution in [0.1, 0.15) is 87.4 Å². The average molecular weight is 745 g/mol. The van der Waals surface area contributed by atoms with E-state index in [0.717, 1.165) is 67.8 Å². The Labute approximate surface area is 310 Å². The number of carbonyl (C=O) groups is 1. The summed E-state index contributed by atoms with van der Waals surface area (Å²) in [6.07, 6.45) is 3.61. The first-order chi connectivity index (χ1) is 25.5. The molecule has 9 aliphatic rings. The summed E-state index contributed by atoms with van der Waals surface area (Å²) in [6.45, 7) is 6.23. The van der Waals surface area contributed by atoms with Crippen molar-refractivity contribution in [2.45, 2.75) is 118 Å². The molecule has 0 bridgehead atoms. The third-order valence-corrected chi connectivity index (χ3v) is 16.5. The third-order valence-electron chi connectivity index (χ3n) is 16.0. The van der Waals surface area contributed by atoms with Crippen LogP contribution in [0.15, 0.2) is 53.7 Å². The van der Waals surface area contributed by atoms with Crippen LogP contribution in [0.25, 0.3) is 0 Å². The Morgan fingerprint density at radius 1 is 1.04 bits per heavy atom. The minimum atomic E-state index is -4.71. The smallest absolute Gasteiger partial charge is 0.397 e. The van der Waals surface area contributed by atoms with Crippen LogP contribution < -0.4 is 10.6 Å². The van der Waals surface area contributed by atoms with Gasteiger partial charge in [0.15, 0.2) is 0 Å². The number of para-hydroxylation sites is 1. The van der Waals surface area contributed by atoms with Crippen LogP contribution in [-0.2, 0) is 34.3 Å². The second-order valence-electron chi connectivity index (χ2n) is 17.5. The fourth-order valence-corrected chi connectivity index (χ4v) is 14.7. The Kier molecular flexibility index (Phi) is 6.68. The molecule has 53 heavy (non-hydrogen) atoms. The molecule has 6 fully saturated rings. The Bertz CT molecular complexity index is 2110. The molecule has 13 heteroatoms. The highest BCUT2D eigenvalue weighted by molar-refractivity contribution is 7.80. The Morgan fingerprint density at radius 2 is 1.85 bits per heavy atom. The van der Waals surface area contributed by atoms with Gasteiger partial charge in [0.25, 0.3) is 0 Å². The summed E-state index contributed by atoms with van der Waals surface area (Å²) >= 11 is 0. The Morgan fingerprint density at radius 3 is 2.62 bits per heavy atom. The number of esters is 1. The predicted octanol–water partition coefficient (Wildman–Crippen LogP) is 4.25. The van der Waals surface area contributed by atoms with Gasteiger partial charge < -0.3 is 25.2 Å². The molecule has 7 aliphatic heterocycles. The zero-order valence-electron chi connectivity index (χ0n) is 30.4. The number of fused-ring (bicyclic) bond motifs is 5. The zero-order valence-corrected chi connectivity index (χ0v) is 31.2. The molecule has 0 unspecified atom stereocenters. The van der Waals surface area contributed by atoms with E-state index in [4.69, 9.17) is 13.7 Å². The number of aliphatic hydroxyl groups is 1. The summed E-state index contributed by atoms with van der Waals surface area (Å²) in [6, 6.07) is 15.8. The predicted molar refractivity (Wildman–Crippen MR) is 195 cm³/mol. The number of nitrogens with one attached hydrogen (secondary N) is 2. The lowest BCUT2D eigenvalue weighted by Gasteiger charge is -2.59. The summed E-state index contributed by atoms with van der Waals surface area (Å²) < 4.78 is 50.5. The van der Waals surface area contributed by atoms with Gasteiger partial charge in [-0.15, -0.1) is 0 Å². The van der Waals surface area contributed by atoms with Crippen molar-refractivity contribution in [3.05, 3.63) is 70.4 Å². The van der Waals surface area contributed by atoms with Gasteiger partial charge in [0, 0.05) is 59.0 Å². The minimum absolute atomic E-state index is 0.00771. The van der Waals surface area contributed by atoms with Crippen molar-refractivity contribution in [3.63, 3.8) is 0 Å². The van der Waals surface area contributed by atoms with Crippen molar-refractivity contribution >= 4 is 27.7 Å². The van der Waals surface area contributed by atoms with E-state index in [-0.39, 0.29) is 65.1 Å². The summed E-state index contributed by atoms with van der Waals surface area (Å²) in [5, 5.41) is 19.5. The van der Waals surface area contributed by atoms with Crippen molar-refractivity contribution in [3.8, 4) is 0 Å². The molecule has 11 rings (SSSR count). The minimum Gasteiger partial charge on any atom is -0.466 e. The molecular weight excluding hydrogens is 697 g/mol. The number of hydrogen-bond donors (Lipinski definition) is 4. The molecule has 7 heterocycles. The number of benzene rings is 2.